The third-order valence-corrected chi connectivity index (χ3v) is 1.27. The highest BCUT2D eigenvalue weighted by molar-refractivity contribution is 7.46. The number of carbonyl (C=O) groups excluding carboxylic acids is 1. The van der Waals surface area contributed by atoms with Crippen molar-refractivity contribution in [3.8, 4) is 0 Å². The smallest absolute Gasteiger partial charge is 0.303 e. The molecule has 0 heterocycles. The first-order valence-electron chi connectivity index (χ1n) is 2.65. The maximum Gasteiger partial charge on any atom is 0.469 e. The third kappa shape index (κ3) is 7.35. The van der Waals surface area contributed by atoms with Crippen LogP contribution < -0.4 is 0 Å². The summed E-state index contributed by atoms with van der Waals surface area (Å²) in [6, 6.07) is 0. The molecule has 0 spiro atoms. The Morgan fingerprint density at radius 3 is 2.55 bits per heavy atom. The van der Waals surface area contributed by atoms with Gasteiger partial charge in [0.1, 0.15) is 0 Å². The molecule has 0 atom stereocenters. The molecule has 0 aliphatic rings. The third-order valence-electron chi connectivity index (χ3n) is 0.752. The maximum atomic E-state index is 10.3. The number of amides is 1. The molecule has 6 nitrogen and oxygen atoms in total. The van der Waals surface area contributed by atoms with Crippen LogP contribution in [0.2, 0.25) is 0 Å². The van der Waals surface area contributed by atoms with Crippen molar-refractivity contribution in [2.24, 2.45) is 4.99 Å². The van der Waals surface area contributed by atoms with Gasteiger partial charge < -0.3 is 9.79 Å². The van der Waals surface area contributed by atoms with Gasteiger partial charge in [-0.1, -0.05) is 0 Å². The number of carbonyl (C=O) groups is 1. The Kier molecular flexibility index (Phi) is 4.14. The summed E-state index contributed by atoms with van der Waals surface area (Å²) in [5.74, 6) is -0.557. The Morgan fingerprint density at radius 1 is 1.64 bits per heavy atom. The van der Waals surface area contributed by atoms with E-state index < -0.39 is 13.7 Å². The number of rotatable bonds is 4. The van der Waals surface area contributed by atoms with Crippen LogP contribution in [0.15, 0.2) is 4.99 Å². The predicted octanol–water partition coefficient (Wildman–Crippen LogP) is -0.287. The number of hydrogen-bond acceptors (Lipinski definition) is 3. The minimum atomic E-state index is -4.45. The van der Waals surface area contributed by atoms with E-state index in [1.165, 1.54) is 0 Å². The maximum absolute atomic E-state index is 10.3. The summed E-state index contributed by atoms with van der Waals surface area (Å²) in [6.07, 6.45) is -0.172. The van der Waals surface area contributed by atoms with Crippen LogP contribution in [0.3, 0.4) is 0 Å². The van der Waals surface area contributed by atoms with Crippen LogP contribution in [-0.2, 0) is 13.9 Å². The Hall–Kier alpha value is -0.550. The molecule has 0 rings (SSSR count). The van der Waals surface area contributed by atoms with Gasteiger partial charge in [0, 0.05) is 0 Å². The van der Waals surface area contributed by atoms with Gasteiger partial charge in [-0.2, -0.15) is 0 Å². The van der Waals surface area contributed by atoms with E-state index in [0.717, 1.165) is 0 Å². The molecule has 0 aromatic heterocycles. The molecule has 0 aliphatic heterocycles. The summed E-state index contributed by atoms with van der Waals surface area (Å²) in [5.41, 5.74) is 0. The number of hydrogen-bond donors (Lipinski definition) is 2. The van der Waals surface area contributed by atoms with Crippen LogP contribution in [-0.4, -0.2) is 29.0 Å². The van der Waals surface area contributed by atoms with Crippen molar-refractivity contribution >= 4 is 20.4 Å². The first-order chi connectivity index (χ1) is 4.95. The van der Waals surface area contributed by atoms with Crippen molar-refractivity contribution in [3.63, 3.8) is 0 Å². The molecule has 7 heteroatoms. The predicted molar refractivity (Wildman–Crippen MR) is 37.2 cm³/mol. The summed E-state index contributed by atoms with van der Waals surface area (Å²) in [4.78, 5) is 29.6. The molecule has 0 unspecified atom stereocenters. The van der Waals surface area contributed by atoms with Gasteiger partial charge in [-0.05, 0) is 6.72 Å². The number of phosphoric ester groups is 1. The zero-order valence-electron chi connectivity index (χ0n) is 5.63. The lowest BCUT2D eigenvalue weighted by Crippen LogP contribution is -1.99. The standard InChI is InChI=1S/C4H8NO5P/c1-5-4(6)2-3-10-11(7,8)9/h1-3H2,(H2,7,8,9). The quantitative estimate of drug-likeness (QED) is 0.459. The first-order valence-corrected chi connectivity index (χ1v) is 4.18. The fourth-order valence-corrected chi connectivity index (χ4v) is 0.660. The topological polar surface area (TPSA) is 96.2 Å². The van der Waals surface area contributed by atoms with Crippen LogP contribution in [0.5, 0.6) is 0 Å². The van der Waals surface area contributed by atoms with Gasteiger partial charge in [-0.25, -0.2) is 9.56 Å². The molecule has 0 aliphatic carbocycles. The zero-order valence-corrected chi connectivity index (χ0v) is 6.53. The lowest BCUT2D eigenvalue weighted by atomic mass is 10.4. The fraction of sp³-hybridized carbons (Fsp3) is 0.500. The van der Waals surface area contributed by atoms with Gasteiger partial charge >= 0.3 is 7.82 Å². The summed E-state index contributed by atoms with van der Waals surface area (Å²) in [6.45, 7) is 2.58. The van der Waals surface area contributed by atoms with E-state index in [2.05, 4.69) is 16.2 Å². The Balaban J connectivity index is 3.51. The largest absolute Gasteiger partial charge is 0.469 e. The molecule has 64 valence electrons. The van der Waals surface area contributed by atoms with E-state index in [1.54, 1.807) is 0 Å². The molecule has 1 amide bonds. The molecule has 11 heavy (non-hydrogen) atoms. The monoisotopic (exact) mass is 181 g/mol. The van der Waals surface area contributed by atoms with E-state index in [9.17, 15) is 9.36 Å². The van der Waals surface area contributed by atoms with Gasteiger partial charge in [0.15, 0.2) is 0 Å². The molecule has 0 saturated heterocycles. The minimum Gasteiger partial charge on any atom is -0.303 e. The zero-order chi connectivity index (χ0) is 8.91. The molecule has 0 bridgehead atoms. The first kappa shape index (κ1) is 10.4. The van der Waals surface area contributed by atoms with Crippen molar-refractivity contribution in [1.82, 2.24) is 0 Å². The van der Waals surface area contributed by atoms with E-state index >= 15 is 0 Å². The Morgan fingerprint density at radius 2 is 2.18 bits per heavy atom. The molecule has 2 N–H and O–H groups in total. The van der Waals surface area contributed by atoms with Crippen LogP contribution in [0.1, 0.15) is 6.42 Å². The van der Waals surface area contributed by atoms with E-state index in [1.807, 2.05) is 0 Å². The van der Waals surface area contributed by atoms with Crippen molar-refractivity contribution in [2.45, 2.75) is 6.42 Å². The lowest BCUT2D eigenvalue weighted by molar-refractivity contribution is -0.118. The summed E-state index contributed by atoms with van der Waals surface area (Å²) < 4.78 is 14.0. The molecule has 0 radical (unpaired) electrons. The number of nitrogens with zero attached hydrogens (tertiary/aromatic N) is 1. The minimum absolute atomic E-state index is 0.172. The Bertz CT molecular complexity index is 197. The highest BCUT2D eigenvalue weighted by Gasteiger charge is 2.13. The van der Waals surface area contributed by atoms with Gasteiger partial charge in [-0.15, -0.1) is 0 Å². The second-order valence-electron chi connectivity index (χ2n) is 1.63. The van der Waals surface area contributed by atoms with Crippen molar-refractivity contribution in [3.05, 3.63) is 0 Å². The average Bonchev–Trinajstić information content (AvgIpc) is 1.85. The molecule has 0 aromatic rings. The number of aliphatic imine (C=N–C) groups is 1. The average molecular weight is 181 g/mol. The second-order valence-corrected chi connectivity index (χ2v) is 2.87. The lowest BCUT2D eigenvalue weighted by Gasteiger charge is -2.01. The molecular weight excluding hydrogens is 173 g/mol. The highest BCUT2D eigenvalue weighted by atomic mass is 31.2. The van der Waals surface area contributed by atoms with Crippen molar-refractivity contribution in [2.75, 3.05) is 6.61 Å². The van der Waals surface area contributed by atoms with Crippen LogP contribution in [0, 0.1) is 0 Å². The highest BCUT2D eigenvalue weighted by Crippen LogP contribution is 2.35. The fourth-order valence-electron chi connectivity index (χ4n) is 0.331. The van der Waals surface area contributed by atoms with Gasteiger partial charge in [0.05, 0.1) is 13.0 Å². The second kappa shape index (κ2) is 4.35. The van der Waals surface area contributed by atoms with Crippen LogP contribution in [0.25, 0.3) is 0 Å². The van der Waals surface area contributed by atoms with E-state index in [-0.39, 0.29) is 13.0 Å². The van der Waals surface area contributed by atoms with Crippen LogP contribution in [0.4, 0.5) is 0 Å². The molecular formula is C4H8NO5P. The summed E-state index contributed by atoms with van der Waals surface area (Å²) in [5, 5.41) is 0. The van der Waals surface area contributed by atoms with E-state index in [4.69, 9.17) is 9.79 Å². The van der Waals surface area contributed by atoms with E-state index in [0.29, 0.717) is 0 Å². The van der Waals surface area contributed by atoms with Crippen LogP contribution >= 0.6 is 7.82 Å². The van der Waals surface area contributed by atoms with Gasteiger partial charge in [-0.3, -0.25) is 9.32 Å². The molecule has 0 fully saturated rings. The van der Waals surface area contributed by atoms with Crippen molar-refractivity contribution in [1.29, 1.82) is 0 Å². The number of phosphoric acid groups is 1. The summed E-state index contributed by atoms with van der Waals surface area (Å²) in [7, 11) is -4.45. The van der Waals surface area contributed by atoms with Crippen molar-refractivity contribution < 1.29 is 23.7 Å². The van der Waals surface area contributed by atoms with Gasteiger partial charge in [0.2, 0.25) is 5.91 Å². The molecule has 0 saturated carbocycles. The SMILES string of the molecule is C=NC(=O)CCOP(=O)(O)O. The Labute approximate surface area is 63.1 Å². The normalized spacial score (nSPS) is 11.1. The van der Waals surface area contributed by atoms with Gasteiger partial charge in [0.25, 0.3) is 0 Å². The summed E-state index contributed by atoms with van der Waals surface area (Å²) >= 11 is 0. The molecule has 0 aromatic carbocycles.